The van der Waals surface area contributed by atoms with Crippen molar-refractivity contribution in [1.82, 2.24) is 9.80 Å². The van der Waals surface area contributed by atoms with Gasteiger partial charge in [0.15, 0.2) is 0 Å². The summed E-state index contributed by atoms with van der Waals surface area (Å²) in [6, 6.07) is 0. The Morgan fingerprint density at radius 1 is 0.867 bits per heavy atom. The Hall–Kier alpha value is 1.08. The van der Waals surface area contributed by atoms with E-state index in [4.69, 9.17) is 0 Å². The van der Waals surface area contributed by atoms with Gasteiger partial charge in [0.05, 0.1) is 0 Å². The fourth-order valence-corrected chi connectivity index (χ4v) is 3.31. The Kier molecular flexibility index (Phi) is 9.80. The molecule has 0 aliphatic rings. The third-order valence-electron chi connectivity index (χ3n) is 1.47. The summed E-state index contributed by atoms with van der Waals surface area (Å²) in [6.45, 7) is 0. The number of hydrogen-bond acceptors (Lipinski definition) is 4. The van der Waals surface area contributed by atoms with Crippen LogP contribution in [0.1, 0.15) is 6.42 Å². The Bertz CT molecular complexity index is 198. The van der Waals surface area contributed by atoms with Crippen molar-refractivity contribution in [2.24, 2.45) is 0 Å². The van der Waals surface area contributed by atoms with Crippen molar-refractivity contribution in [2.45, 2.75) is 6.42 Å². The van der Waals surface area contributed by atoms with Gasteiger partial charge in [-0.25, -0.2) is 0 Å². The van der Waals surface area contributed by atoms with Crippen molar-refractivity contribution in [3.05, 3.63) is 0 Å². The summed E-state index contributed by atoms with van der Waals surface area (Å²) in [5, 5.41) is 0. The molecule has 88 valence electrons. The second-order valence-corrected chi connectivity index (χ2v) is 8.33. The second kappa shape index (κ2) is 9.14. The Morgan fingerprint density at radius 2 is 1.20 bits per heavy atom. The van der Waals surface area contributed by atoms with Crippen LogP contribution in [-0.4, -0.2) is 88.4 Å². The van der Waals surface area contributed by atoms with Crippen LogP contribution in [-0.2, 0) is 0 Å². The van der Waals surface area contributed by atoms with E-state index >= 15 is 0 Å². The molecule has 0 fully saturated rings. The van der Waals surface area contributed by atoms with Gasteiger partial charge >= 0.3 is 118 Å². The molecule has 0 atom stereocenters. The van der Waals surface area contributed by atoms with Gasteiger partial charge in [0, 0.05) is 0 Å². The van der Waals surface area contributed by atoms with Crippen LogP contribution in [0, 0.1) is 0 Å². The van der Waals surface area contributed by atoms with Crippen LogP contribution in [0.25, 0.3) is 0 Å². The summed E-state index contributed by atoms with van der Waals surface area (Å²) >= 11 is 9.92. The summed E-state index contributed by atoms with van der Waals surface area (Å²) in [5.74, 6) is 2.35. The standard InChI is InChI=1S/C9H18N2S2Se2/c1-10(2)8(14)12-6-5-7-13-9(15)11(3)4/h5-7H2,1-4H3. The number of rotatable bonds is 8. The Morgan fingerprint density at radius 3 is 1.47 bits per heavy atom. The Balaban J connectivity index is 3.40. The van der Waals surface area contributed by atoms with Crippen LogP contribution in [0.4, 0.5) is 0 Å². The fraction of sp³-hybridized carbons (Fsp3) is 0.778. The molecule has 0 aromatic heterocycles. The molecule has 0 aromatic carbocycles. The molecule has 0 aliphatic heterocycles. The van der Waals surface area contributed by atoms with Gasteiger partial charge in [-0.1, -0.05) is 0 Å². The first kappa shape index (κ1) is 16.1. The summed E-state index contributed by atoms with van der Waals surface area (Å²) in [6.07, 6.45) is 1.23. The zero-order valence-corrected chi connectivity index (χ0v) is 14.7. The van der Waals surface area contributed by atoms with Crippen molar-refractivity contribution >= 4 is 62.4 Å². The molecule has 0 bridgehead atoms. The van der Waals surface area contributed by atoms with E-state index in [-0.39, 0.29) is 0 Å². The van der Waals surface area contributed by atoms with Gasteiger partial charge in [0.25, 0.3) is 0 Å². The first-order valence-electron chi connectivity index (χ1n) is 4.63. The molecule has 0 spiro atoms. The fourth-order valence-electron chi connectivity index (χ4n) is 0.636. The van der Waals surface area contributed by atoms with E-state index in [1.807, 2.05) is 23.5 Å². The molecule has 0 aromatic rings. The Labute approximate surface area is 118 Å². The van der Waals surface area contributed by atoms with E-state index in [0.717, 1.165) is 0 Å². The van der Waals surface area contributed by atoms with Crippen LogP contribution in [0.2, 0.25) is 0 Å². The molecular weight excluding hydrogens is 358 g/mol. The third-order valence-corrected chi connectivity index (χ3v) is 6.70. The number of thioether (sulfide) groups is 2. The van der Waals surface area contributed by atoms with Crippen LogP contribution >= 0.6 is 23.5 Å². The van der Waals surface area contributed by atoms with Crippen molar-refractivity contribution in [1.29, 1.82) is 0 Å². The van der Waals surface area contributed by atoms with E-state index < -0.39 is 0 Å². The quantitative estimate of drug-likeness (QED) is 0.449. The normalized spacial score (nSPS) is 9.87. The predicted octanol–water partition coefficient (Wildman–Crippen LogP) is 0.478. The molecule has 0 amide bonds. The summed E-state index contributed by atoms with van der Waals surface area (Å²) < 4.78 is 2.53. The van der Waals surface area contributed by atoms with Gasteiger partial charge < -0.3 is 0 Å². The molecule has 0 unspecified atom stereocenters. The first-order valence-corrected chi connectivity index (χ1v) is 8.31. The summed E-state index contributed by atoms with van der Waals surface area (Å²) in [7, 11) is 8.25. The average molecular weight is 376 g/mol. The number of hydrogen-bond donors (Lipinski definition) is 0. The van der Waals surface area contributed by atoms with Gasteiger partial charge in [-0.3, -0.25) is 0 Å². The van der Waals surface area contributed by atoms with E-state index in [2.05, 4.69) is 69.1 Å². The maximum atomic E-state index is 3.07. The van der Waals surface area contributed by atoms with Crippen molar-refractivity contribution < 1.29 is 0 Å². The van der Waals surface area contributed by atoms with Crippen LogP contribution in [0.5, 0.6) is 0 Å². The minimum atomic E-state index is 1.17. The van der Waals surface area contributed by atoms with Crippen LogP contribution in [0.15, 0.2) is 0 Å². The van der Waals surface area contributed by atoms with E-state index in [9.17, 15) is 0 Å². The molecule has 0 aliphatic carbocycles. The molecule has 0 heterocycles. The zero-order valence-electron chi connectivity index (χ0n) is 9.65. The van der Waals surface area contributed by atoms with Crippen molar-refractivity contribution in [3.63, 3.8) is 0 Å². The van der Waals surface area contributed by atoms with Crippen LogP contribution < -0.4 is 0 Å². The second-order valence-electron chi connectivity index (χ2n) is 3.37. The first-order chi connectivity index (χ1) is 6.95. The monoisotopic (exact) mass is 378 g/mol. The average Bonchev–Trinajstić information content (AvgIpc) is 2.16. The van der Waals surface area contributed by atoms with Crippen molar-refractivity contribution in [3.8, 4) is 0 Å². The third kappa shape index (κ3) is 8.84. The minimum absolute atomic E-state index is 1.17. The zero-order chi connectivity index (χ0) is 11.8. The molecule has 0 saturated heterocycles. The topological polar surface area (TPSA) is 6.48 Å². The van der Waals surface area contributed by atoms with E-state index in [1.165, 1.54) is 25.7 Å². The summed E-state index contributed by atoms with van der Waals surface area (Å²) in [5.41, 5.74) is 0. The molecule has 0 N–H and O–H groups in total. The molecular formula is C9H18N2S2Se2. The molecule has 6 heteroatoms. The van der Waals surface area contributed by atoms with Gasteiger partial charge in [0.1, 0.15) is 0 Å². The number of nitrogens with zero attached hydrogens (tertiary/aromatic N) is 2. The van der Waals surface area contributed by atoms with Crippen LogP contribution in [0.3, 0.4) is 0 Å². The van der Waals surface area contributed by atoms with E-state index in [0.29, 0.717) is 0 Å². The van der Waals surface area contributed by atoms with Gasteiger partial charge in [-0.05, 0) is 0 Å². The molecule has 0 radical (unpaired) electrons. The summed E-state index contributed by atoms with van der Waals surface area (Å²) in [4.78, 5) is 4.23. The van der Waals surface area contributed by atoms with Gasteiger partial charge in [-0.2, -0.15) is 0 Å². The van der Waals surface area contributed by atoms with Crippen molar-refractivity contribution in [2.75, 3.05) is 39.7 Å². The molecule has 15 heavy (non-hydrogen) atoms. The molecule has 0 saturated carbocycles. The SMILES string of the molecule is CN(C)C(=[Se])SCCCSC(=[Se])N(C)C. The molecule has 2 nitrogen and oxygen atoms in total. The molecule has 0 rings (SSSR count). The predicted molar refractivity (Wildman–Crippen MR) is 78.4 cm³/mol. The van der Waals surface area contributed by atoms with E-state index in [1.54, 1.807) is 0 Å². The maximum absolute atomic E-state index is 3.07. The van der Waals surface area contributed by atoms with Gasteiger partial charge in [-0.15, -0.1) is 0 Å². The van der Waals surface area contributed by atoms with Gasteiger partial charge in [0.2, 0.25) is 0 Å².